The molecule has 0 saturated heterocycles. The Bertz CT molecular complexity index is 760. The van der Waals surface area contributed by atoms with Gasteiger partial charge >= 0.3 is 0 Å². The fraction of sp³-hybridized carbons (Fsp3) is 0.238. The topological polar surface area (TPSA) is 0 Å². The Balaban J connectivity index is 1.82. The molecule has 0 aliphatic heterocycles. The van der Waals surface area contributed by atoms with Crippen molar-refractivity contribution in [1.29, 1.82) is 0 Å². The van der Waals surface area contributed by atoms with Crippen LogP contribution in [0, 0.1) is 0 Å². The molecule has 0 radical (unpaired) electrons. The van der Waals surface area contributed by atoms with Gasteiger partial charge in [0, 0.05) is 0 Å². The molecule has 21 heavy (non-hydrogen) atoms. The van der Waals surface area contributed by atoms with Gasteiger partial charge in [-0.1, -0.05) is 67.1 Å². The third-order valence-corrected chi connectivity index (χ3v) is 4.84. The average Bonchev–Trinajstić information content (AvgIpc) is 3.15. The molecular weight excluding hydrogens is 252 g/mol. The van der Waals surface area contributed by atoms with Gasteiger partial charge < -0.3 is 0 Å². The summed E-state index contributed by atoms with van der Waals surface area (Å²) in [4.78, 5) is 0. The molecule has 0 unspecified atom stereocenters. The highest BCUT2D eigenvalue weighted by molar-refractivity contribution is 5.78. The maximum absolute atomic E-state index is 2.35. The minimum Gasteiger partial charge on any atom is -0.0804 e. The quantitative estimate of drug-likeness (QED) is 0.611. The number of fused-ring (bicyclic) bond motifs is 3. The van der Waals surface area contributed by atoms with Crippen molar-refractivity contribution in [2.45, 2.75) is 32.6 Å². The summed E-state index contributed by atoms with van der Waals surface area (Å²) in [6.07, 6.45) is 11.2. The molecule has 2 aliphatic rings. The van der Waals surface area contributed by atoms with E-state index in [1.165, 1.54) is 22.3 Å². The molecule has 0 aromatic heterocycles. The van der Waals surface area contributed by atoms with Gasteiger partial charge in [-0.2, -0.15) is 0 Å². The molecule has 4 rings (SSSR count). The van der Waals surface area contributed by atoms with E-state index < -0.39 is 0 Å². The van der Waals surface area contributed by atoms with Gasteiger partial charge in [-0.15, -0.1) is 0 Å². The largest absolute Gasteiger partial charge is 0.0804 e. The van der Waals surface area contributed by atoms with Crippen molar-refractivity contribution in [3.05, 3.63) is 82.5 Å². The van der Waals surface area contributed by atoms with Crippen LogP contribution >= 0.6 is 0 Å². The van der Waals surface area contributed by atoms with Crippen molar-refractivity contribution in [2.24, 2.45) is 0 Å². The van der Waals surface area contributed by atoms with Gasteiger partial charge in [0.2, 0.25) is 0 Å². The lowest BCUT2D eigenvalue weighted by atomic mass is 9.90. The van der Waals surface area contributed by atoms with E-state index in [1.807, 2.05) is 0 Å². The first-order valence-electron chi connectivity index (χ1n) is 7.93. The number of aryl methyl sites for hydroxylation is 1. The summed E-state index contributed by atoms with van der Waals surface area (Å²) in [5, 5.41) is 0. The van der Waals surface area contributed by atoms with Crippen LogP contribution in [0.4, 0.5) is 0 Å². The van der Waals surface area contributed by atoms with Crippen LogP contribution in [0.15, 0.2) is 60.2 Å². The monoisotopic (exact) mass is 272 g/mol. The second-order valence-electron chi connectivity index (χ2n) is 6.05. The molecule has 0 spiro atoms. The molecule has 0 heteroatoms. The lowest BCUT2D eigenvalue weighted by Crippen LogP contribution is -2.01. The lowest BCUT2D eigenvalue weighted by molar-refractivity contribution is 0.998. The van der Waals surface area contributed by atoms with Crippen molar-refractivity contribution in [2.75, 3.05) is 0 Å². The Labute approximate surface area is 126 Å². The van der Waals surface area contributed by atoms with E-state index in [1.54, 1.807) is 16.7 Å². The van der Waals surface area contributed by atoms with Gasteiger partial charge in [0.15, 0.2) is 0 Å². The first kappa shape index (κ1) is 12.6. The minimum atomic E-state index is 1.11. The fourth-order valence-electron chi connectivity index (χ4n) is 3.72. The molecular formula is C21H20. The van der Waals surface area contributed by atoms with Crippen LogP contribution in [0.5, 0.6) is 0 Å². The van der Waals surface area contributed by atoms with Crippen molar-refractivity contribution in [3.63, 3.8) is 0 Å². The van der Waals surface area contributed by atoms with Crippen LogP contribution in [0.3, 0.4) is 0 Å². The van der Waals surface area contributed by atoms with E-state index in [2.05, 4.69) is 61.5 Å². The van der Waals surface area contributed by atoms with Gasteiger partial charge in [-0.25, -0.2) is 0 Å². The number of hydrogen-bond donors (Lipinski definition) is 0. The van der Waals surface area contributed by atoms with E-state index in [0.29, 0.717) is 0 Å². The summed E-state index contributed by atoms with van der Waals surface area (Å²) in [5.74, 6) is 0. The molecule has 0 saturated carbocycles. The van der Waals surface area contributed by atoms with Crippen LogP contribution in [-0.4, -0.2) is 0 Å². The molecule has 2 aromatic carbocycles. The highest BCUT2D eigenvalue weighted by atomic mass is 14.3. The van der Waals surface area contributed by atoms with Crippen molar-refractivity contribution >= 4 is 0 Å². The standard InChI is InChI=1S/C21H20/c1-2-16-11-12-19-18-10-6-5-9-17(18)14-21(19)20(16)13-15-7-3-4-8-15/h3-7,9-12H,2,8,13-14H2,1H3. The number of benzene rings is 2. The zero-order valence-electron chi connectivity index (χ0n) is 12.5. The summed E-state index contributed by atoms with van der Waals surface area (Å²) < 4.78 is 0. The van der Waals surface area contributed by atoms with Crippen LogP contribution < -0.4 is 0 Å². The van der Waals surface area contributed by atoms with E-state index in [4.69, 9.17) is 0 Å². The first-order valence-corrected chi connectivity index (χ1v) is 7.93. The fourth-order valence-corrected chi connectivity index (χ4v) is 3.72. The second kappa shape index (κ2) is 5.04. The highest BCUT2D eigenvalue weighted by Gasteiger charge is 2.22. The SMILES string of the molecule is CCc1ccc2c(c1CC1=CC=CC1)Cc1ccccc1-2. The predicted octanol–water partition coefficient (Wildman–Crippen LogP) is 5.25. The summed E-state index contributed by atoms with van der Waals surface area (Å²) in [7, 11) is 0. The zero-order chi connectivity index (χ0) is 14.2. The number of allylic oxidation sites excluding steroid dienone is 4. The average molecular weight is 272 g/mol. The zero-order valence-corrected chi connectivity index (χ0v) is 12.5. The minimum absolute atomic E-state index is 1.11. The molecule has 0 N–H and O–H groups in total. The summed E-state index contributed by atoms with van der Waals surface area (Å²) >= 11 is 0. The third kappa shape index (κ3) is 2.06. The molecule has 2 aromatic rings. The van der Waals surface area contributed by atoms with Crippen LogP contribution in [0.25, 0.3) is 11.1 Å². The first-order chi connectivity index (χ1) is 10.4. The summed E-state index contributed by atoms with van der Waals surface area (Å²) in [6, 6.07) is 13.6. The Morgan fingerprint density at radius 2 is 1.90 bits per heavy atom. The third-order valence-electron chi connectivity index (χ3n) is 4.84. The maximum atomic E-state index is 2.35. The molecule has 2 aliphatic carbocycles. The molecule has 0 heterocycles. The van der Waals surface area contributed by atoms with Gasteiger partial charge in [0.05, 0.1) is 0 Å². The van der Waals surface area contributed by atoms with E-state index >= 15 is 0 Å². The van der Waals surface area contributed by atoms with Crippen molar-refractivity contribution < 1.29 is 0 Å². The van der Waals surface area contributed by atoms with Gasteiger partial charge in [-0.3, -0.25) is 0 Å². The number of rotatable bonds is 3. The van der Waals surface area contributed by atoms with E-state index in [9.17, 15) is 0 Å². The Hall–Kier alpha value is -2.08. The van der Waals surface area contributed by atoms with Gasteiger partial charge in [0.1, 0.15) is 0 Å². The molecule has 0 nitrogen and oxygen atoms in total. The normalized spacial score (nSPS) is 15.0. The second-order valence-corrected chi connectivity index (χ2v) is 6.05. The molecule has 0 amide bonds. The van der Waals surface area contributed by atoms with Crippen LogP contribution in [-0.2, 0) is 19.3 Å². The van der Waals surface area contributed by atoms with Gasteiger partial charge in [0.25, 0.3) is 0 Å². The van der Waals surface area contributed by atoms with E-state index in [0.717, 1.165) is 25.7 Å². The number of hydrogen-bond acceptors (Lipinski definition) is 0. The van der Waals surface area contributed by atoms with Crippen molar-refractivity contribution in [1.82, 2.24) is 0 Å². The molecule has 0 fully saturated rings. The molecule has 104 valence electrons. The van der Waals surface area contributed by atoms with Gasteiger partial charge in [-0.05, 0) is 59.1 Å². The predicted molar refractivity (Wildman–Crippen MR) is 89.6 cm³/mol. The maximum Gasteiger partial charge on any atom is -0.00105 e. The van der Waals surface area contributed by atoms with E-state index in [-0.39, 0.29) is 0 Å². The summed E-state index contributed by atoms with van der Waals surface area (Å²) in [6.45, 7) is 2.27. The Morgan fingerprint density at radius 3 is 2.71 bits per heavy atom. The van der Waals surface area contributed by atoms with Crippen LogP contribution in [0.2, 0.25) is 0 Å². The Kier molecular flexibility index (Phi) is 3.03. The smallest absolute Gasteiger partial charge is 0.00105 e. The molecule has 0 bridgehead atoms. The lowest BCUT2D eigenvalue weighted by Gasteiger charge is -2.14. The van der Waals surface area contributed by atoms with Crippen molar-refractivity contribution in [3.8, 4) is 11.1 Å². The van der Waals surface area contributed by atoms with Crippen LogP contribution in [0.1, 0.15) is 35.6 Å². The Morgan fingerprint density at radius 1 is 1.00 bits per heavy atom. The summed E-state index contributed by atoms with van der Waals surface area (Å²) in [5.41, 5.74) is 10.6. The molecule has 0 atom stereocenters. The highest BCUT2D eigenvalue weighted by Crippen LogP contribution is 2.40.